The van der Waals surface area contributed by atoms with Crippen LogP contribution in [-0.2, 0) is 23.8 Å². The van der Waals surface area contributed by atoms with Crippen LogP contribution < -0.4 is 5.32 Å². The van der Waals surface area contributed by atoms with Crippen molar-refractivity contribution in [1.82, 2.24) is 10.2 Å². The summed E-state index contributed by atoms with van der Waals surface area (Å²) in [5, 5.41) is 2.97. The number of nitrogens with one attached hydrogen (secondary N) is 1. The molecule has 0 radical (unpaired) electrons. The van der Waals surface area contributed by atoms with Crippen LogP contribution in [0.4, 0.5) is 4.79 Å². The molecule has 4 unspecified atom stereocenters. The number of amides is 2. The first-order chi connectivity index (χ1) is 17.1. The van der Waals surface area contributed by atoms with Crippen LogP contribution in [0.5, 0.6) is 0 Å². The predicted molar refractivity (Wildman–Crippen MR) is 137 cm³/mol. The fraction of sp³-hybridized carbons (Fsp3) is 0.893. The first-order valence-electron chi connectivity index (χ1n) is 14.2. The number of nitrogens with zero attached hydrogens (tertiary/aromatic N) is 1. The van der Waals surface area contributed by atoms with Gasteiger partial charge in [0.25, 0.3) is 0 Å². The summed E-state index contributed by atoms with van der Waals surface area (Å²) in [7, 11) is 0. The summed E-state index contributed by atoms with van der Waals surface area (Å²) in [6.07, 6.45) is 10.0. The molecule has 206 valence electrons. The SMILES string of the molecule is CCOC(=O)COC1CCCC(C(=O)N2CCC(C3CCCC(CNC(=O)OC(C)(C)C)C3)CC2)C1. The van der Waals surface area contributed by atoms with Crippen LogP contribution in [0.3, 0.4) is 0 Å². The summed E-state index contributed by atoms with van der Waals surface area (Å²) in [5.74, 6) is 1.77. The maximum atomic E-state index is 13.2. The number of ether oxygens (including phenoxy) is 3. The van der Waals surface area contributed by atoms with Gasteiger partial charge in [0.05, 0.1) is 12.7 Å². The average molecular weight is 509 g/mol. The zero-order valence-corrected chi connectivity index (χ0v) is 22.9. The summed E-state index contributed by atoms with van der Waals surface area (Å²) in [6, 6.07) is 0. The summed E-state index contributed by atoms with van der Waals surface area (Å²) >= 11 is 0. The molecule has 2 amide bonds. The molecule has 0 aromatic carbocycles. The second kappa shape index (κ2) is 13.6. The van der Waals surface area contributed by atoms with E-state index >= 15 is 0 Å². The van der Waals surface area contributed by atoms with Gasteiger partial charge >= 0.3 is 12.1 Å². The van der Waals surface area contributed by atoms with Crippen molar-refractivity contribution < 1.29 is 28.6 Å². The average Bonchev–Trinajstić information content (AvgIpc) is 2.85. The van der Waals surface area contributed by atoms with Crippen LogP contribution in [0, 0.1) is 23.7 Å². The third kappa shape index (κ3) is 9.24. The maximum Gasteiger partial charge on any atom is 0.407 e. The first-order valence-corrected chi connectivity index (χ1v) is 14.2. The third-order valence-electron chi connectivity index (χ3n) is 7.99. The number of hydrogen-bond acceptors (Lipinski definition) is 6. The second-order valence-electron chi connectivity index (χ2n) is 11.9. The lowest BCUT2D eigenvalue weighted by Crippen LogP contribution is -2.45. The summed E-state index contributed by atoms with van der Waals surface area (Å²) < 4.78 is 16.1. The Balaban J connectivity index is 1.39. The number of alkyl carbamates (subject to hydrolysis) is 1. The van der Waals surface area contributed by atoms with E-state index in [0.29, 0.717) is 37.3 Å². The Kier molecular flexibility index (Phi) is 10.9. The van der Waals surface area contributed by atoms with Crippen LogP contribution in [0.15, 0.2) is 0 Å². The molecular weight excluding hydrogens is 460 g/mol. The Bertz CT molecular complexity index is 728. The highest BCUT2D eigenvalue weighted by Gasteiger charge is 2.35. The lowest BCUT2D eigenvalue weighted by molar-refractivity contribution is -0.152. The van der Waals surface area contributed by atoms with Gasteiger partial charge in [-0.15, -0.1) is 0 Å². The minimum absolute atomic E-state index is 0.000449. The lowest BCUT2D eigenvalue weighted by Gasteiger charge is -2.41. The number of carbonyl (C=O) groups excluding carboxylic acids is 3. The molecule has 0 spiro atoms. The van der Waals surface area contributed by atoms with Crippen molar-refractivity contribution in [2.75, 3.05) is 32.8 Å². The van der Waals surface area contributed by atoms with E-state index in [-0.39, 0.29) is 36.6 Å². The molecule has 2 saturated carbocycles. The molecule has 0 bridgehead atoms. The van der Waals surface area contributed by atoms with Crippen molar-refractivity contribution >= 4 is 18.0 Å². The van der Waals surface area contributed by atoms with Crippen LogP contribution in [0.25, 0.3) is 0 Å². The molecule has 3 rings (SSSR count). The molecule has 3 fully saturated rings. The molecule has 0 aromatic rings. The van der Waals surface area contributed by atoms with Gasteiger partial charge in [-0.1, -0.05) is 19.3 Å². The highest BCUT2D eigenvalue weighted by Crippen LogP contribution is 2.39. The number of piperidine rings is 1. The lowest BCUT2D eigenvalue weighted by atomic mass is 9.72. The van der Waals surface area contributed by atoms with Gasteiger partial charge in [-0.25, -0.2) is 9.59 Å². The third-order valence-corrected chi connectivity index (χ3v) is 7.99. The summed E-state index contributed by atoms with van der Waals surface area (Å²) in [6.45, 7) is 10.1. The number of carbonyl (C=O) groups is 3. The van der Waals surface area contributed by atoms with Gasteiger partial charge in [-0.05, 0) is 90.4 Å². The van der Waals surface area contributed by atoms with E-state index in [4.69, 9.17) is 14.2 Å². The smallest absolute Gasteiger partial charge is 0.407 e. The molecule has 1 saturated heterocycles. The molecule has 3 aliphatic rings. The van der Waals surface area contributed by atoms with E-state index in [1.807, 2.05) is 20.8 Å². The van der Waals surface area contributed by atoms with Crippen molar-refractivity contribution in [3.63, 3.8) is 0 Å². The topological polar surface area (TPSA) is 94.2 Å². The Labute approximate surface area is 217 Å². The molecular formula is C28H48N2O6. The number of esters is 1. The quantitative estimate of drug-likeness (QED) is 0.478. The van der Waals surface area contributed by atoms with E-state index in [2.05, 4.69) is 10.2 Å². The van der Waals surface area contributed by atoms with Crippen molar-refractivity contribution in [1.29, 1.82) is 0 Å². The highest BCUT2D eigenvalue weighted by molar-refractivity contribution is 5.79. The first kappa shape index (κ1) is 28.7. The van der Waals surface area contributed by atoms with Gasteiger partial charge in [0.2, 0.25) is 5.91 Å². The van der Waals surface area contributed by atoms with Crippen molar-refractivity contribution in [2.24, 2.45) is 23.7 Å². The second-order valence-corrected chi connectivity index (χ2v) is 11.9. The van der Waals surface area contributed by atoms with Crippen molar-refractivity contribution in [2.45, 2.75) is 104 Å². The number of likely N-dealkylation sites (tertiary alicyclic amines) is 1. The monoisotopic (exact) mass is 508 g/mol. The Morgan fingerprint density at radius 2 is 1.64 bits per heavy atom. The molecule has 0 aromatic heterocycles. The van der Waals surface area contributed by atoms with Gasteiger partial charge in [0.15, 0.2) is 0 Å². The van der Waals surface area contributed by atoms with Crippen LogP contribution in [0.2, 0.25) is 0 Å². The van der Waals surface area contributed by atoms with Crippen molar-refractivity contribution in [3.05, 3.63) is 0 Å². The van der Waals surface area contributed by atoms with E-state index in [1.54, 1.807) is 6.92 Å². The van der Waals surface area contributed by atoms with E-state index in [1.165, 1.54) is 12.8 Å². The predicted octanol–water partition coefficient (Wildman–Crippen LogP) is 4.69. The van der Waals surface area contributed by atoms with E-state index < -0.39 is 5.60 Å². The molecule has 2 aliphatic carbocycles. The standard InChI is InChI=1S/C28H48N2O6/c1-5-34-25(31)19-35-24-11-7-10-23(17-24)26(32)30-14-12-21(13-15-30)22-9-6-8-20(16-22)18-29-27(33)36-28(2,3)4/h20-24H,5-19H2,1-4H3,(H,29,33). The molecule has 1 aliphatic heterocycles. The van der Waals surface area contributed by atoms with E-state index in [9.17, 15) is 14.4 Å². The summed E-state index contributed by atoms with van der Waals surface area (Å²) in [5.41, 5.74) is -0.473. The van der Waals surface area contributed by atoms with Gasteiger partial charge in [0.1, 0.15) is 12.2 Å². The molecule has 1 N–H and O–H groups in total. The minimum Gasteiger partial charge on any atom is -0.464 e. The van der Waals surface area contributed by atoms with Gasteiger partial charge in [-0.2, -0.15) is 0 Å². The maximum absolute atomic E-state index is 13.2. The fourth-order valence-corrected chi connectivity index (χ4v) is 6.25. The molecule has 36 heavy (non-hydrogen) atoms. The van der Waals surface area contributed by atoms with E-state index in [0.717, 1.165) is 58.0 Å². The molecule has 8 nitrogen and oxygen atoms in total. The zero-order valence-electron chi connectivity index (χ0n) is 22.9. The summed E-state index contributed by atoms with van der Waals surface area (Å²) in [4.78, 5) is 38.9. The van der Waals surface area contributed by atoms with Gasteiger partial charge in [0, 0.05) is 25.6 Å². The Hall–Kier alpha value is -1.83. The Morgan fingerprint density at radius 1 is 0.917 bits per heavy atom. The number of hydrogen-bond donors (Lipinski definition) is 1. The van der Waals surface area contributed by atoms with Gasteiger partial charge in [-0.3, -0.25) is 4.79 Å². The van der Waals surface area contributed by atoms with Gasteiger partial charge < -0.3 is 24.4 Å². The van der Waals surface area contributed by atoms with Crippen LogP contribution in [-0.4, -0.2) is 67.4 Å². The molecule has 4 atom stereocenters. The number of rotatable bonds is 8. The highest BCUT2D eigenvalue weighted by atomic mass is 16.6. The minimum atomic E-state index is -0.473. The van der Waals surface area contributed by atoms with Crippen molar-refractivity contribution in [3.8, 4) is 0 Å². The Morgan fingerprint density at radius 3 is 2.33 bits per heavy atom. The fourth-order valence-electron chi connectivity index (χ4n) is 6.25. The van der Waals surface area contributed by atoms with Crippen LogP contribution in [0.1, 0.15) is 91.9 Å². The largest absolute Gasteiger partial charge is 0.464 e. The van der Waals surface area contributed by atoms with Crippen LogP contribution >= 0.6 is 0 Å². The normalized spacial score (nSPS) is 27.8. The zero-order chi connectivity index (χ0) is 26.1. The molecule has 8 heteroatoms. The molecule has 1 heterocycles.